The molecular weight excluding hydrogens is 385 g/mol. The Balaban J connectivity index is 1.86. The number of carbonyl (C=O) groups excluding carboxylic acids is 3. The molecule has 0 aliphatic carbocycles. The van der Waals surface area contributed by atoms with E-state index in [9.17, 15) is 18.8 Å². The van der Waals surface area contributed by atoms with Gasteiger partial charge >= 0.3 is 6.03 Å². The fraction of sp³-hybridized carbons (Fsp3) is 0.0870. The number of imide groups is 2. The van der Waals surface area contributed by atoms with Gasteiger partial charge in [0.2, 0.25) is 0 Å². The third-order valence-corrected chi connectivity index (χ3v) is 5.05. The van der Waals surface area contributed by atoms with Crippen molar-refractivity contribution in [2.45, 2.75) is 13.5 Å². The summed E-state index contributed by atoms with van der Waals surface area (Å²) in [5.74, 6) is -2.20. The van der Waals surface area contributed by atoms with E-state index >= 15 is 0 Å². The van der Waals surface area contributed by atoms with Crippen LogP contribution in [0, 0.1) is 12.7 Å². The van der Waals surface area contributed by atoms with E-state index in [1.54, 1.807) is 6.08 Å². The molecule has 4 rings (SSSR count). The maximum Gasteiger partial charge on any atom is 0.335 e. The van der Waals surface area contributed by atoms with E-state index in [0.29, 0.717) is 12.1 Å². The van der Waals surface area contributed by atoms with Crippen molar-refractivity contribution < 1.29 is 18.8 Å². The summed E-state index contributed by atoms with van der Waals surface area (Å²) in [4.78, 5) is 38.6. The molecular formula is C23H18FN3O3. The molecule has 0 saturated carbocycles. The minimum Gasteiger partial charge on any atom is -0.340 e. The summed E-state index contributed by atoms with van der Waals surface area (Å²) in [6.07, 6.45) is 3.24. The second-order valence-electron chi connectivity index (χ2n) is 6.85. The van der Waals surface area contributed by atoms with Crippen molar-refractivity contribution >= 4 is 40.5 Å². The number of allylic oxidation sites excluding steroid dienone is 1. The third-order valence-electron chi connectivity index (χ3n) is 5.05. The average Bonchev–Trinajstić information content (AvgIpc) is 2.97. The molecule has 150 valence electrons. The van der Waals surface area contributed by atoms with Crippen molar-refractivity contribution in [3.63, 3.8) is 0 Å². The first kappa shape index (κ1) is 19.3. The van der Waals surface area contributed by atoms with Crippen LogP contribution in [0.5, 0.6) is 0 Å². The molecule has 0 spiro atoms. The second kappa shape index (κ2) is 7.44. The van der Waals surface area contributed by atoms with Gasteiger partial charge in [-0.15, -0.1) is 6.58 Å². The van der Waals surface area contributed by atoms with E-state index in [1.165, 1.54) is 24.3 Å². The van der Waals surface area contributed by atoms with Crippen LogP contribution in [0.2, 0.25) is 0 Å². The Kier molecular flexibility index (Phi) is 4.79. The smallest absolute Gasteiger partial charge is 0.335 e. The summed E-state index contributed by atoms with van der Waals surface area (Å²) in [5.41, 5.74) is 2.31. The van der Waals surface area contributed by atoms with Gasteiger partial charge in [0.25, 0.3) is 11.8 Å². The first-order chi connectivity index (χ1) is 14.4. The maximum absolute atomic E-state index is 13.6. The molecule has 2 aromatic carbocycles. The molecule has 0 radical (unpaired) electrons. The zero-order valence-corrected chi connectivity index (χ0v) is 16.2. The molecule has 1 aliphatic rings. The van der Waals surface area contributed by atoms with Crippen molar-refractivity contribution in [1.29, 1.82) is 0 Å². The zero-order chi connectivity index (χ0) is 21.4. The van der Waals surface area contributed by atoms with Crippen molar-refractivity contribution in [3.05, 3.63) is 83.8 Å². The Morgan fingerprint density at radius 1 is 1.10 bits per heavy atom. The molecule has 2 heterocycles. The van der Waals surface area contributed by atoms with Crippen molar-refractivity contribution in [2.24, 2.45) is 0 Å². The molecule has 0 unspecified atom stereocenters. The first-order valence-corrected chi connectivity index (χ1v) is 9.28. The monoisotopic (exact) mass is 403 g/mol. The maximum atomic E-state index is 13.6. The number of hydrogen-bond acceptors (Lipinski definition) is 3. The molecule has 0 atom stereocenters. The number of carbonyl (C=O) groups is 3. The topological polar surface area (TPSA) is 71.4 Å². The number of nitrogens with zero attached hydrogens (tertiary/aromatic N) is 2. The number of urea groups is 1. The van der Waals surface area contributed by atoms with Gasteiger partial charge in [-0.1, -0.05) is 30.3 Å². The number of amides is 4. The van der Waals surface area contributed by atoms with E-state index in [1.807, 2.05) is 35.8 Å². The largest absolute Gasteiger partial charge is 0.340 e. The number of anilines is 1. The first-order valence-electron chi connectivity index (χ1n) is 9.28. The van der Waals surface area contributed by atoms with Gasteiger partial charge in [-0.2, -0.15) is 0 Å². The Labute approximate surface area is 171 Å². The van der Waals surface area contributed by atoms with Gasteiger partial charge < -0.3 is 4.57 Å². The summed E-state index contributed by atoms with van der Waals surface area (Å²) in [7, 11) is 0. The molecule has 1 aromatic heterocycles. The van der Waals surface area contributed by atoms with Crippen molar-refractivity contribution in [2.75, 3.05) is 4.90 Å². The molecule has 3 aromatic rings. The molecule has 7 heteroatoms. The number of rotatable bonds is 4. The zero-order valence-electron chi connectivity index (χ0n) is 16.2. The molecule has 6 nitrogen and oxygen atoms in total. The summed E-state index contributed by atoms with van der Waals surface area (Å²) in [5, 5.41) is 3.02. The molecule has 1 N–H and O–H groups in total. The molecule has 0 bridgehead atoms. The van der Waals surface area contributed by atoms with Crippen molar-refractivity contribution in [1.82, 2.24) is 9.88 Å². The van der Waals surface area contributed by atoms with Crippen LogP contribution in [-0.4, -0.2) is 22.4 Å². The Morgan fingerprint density at radius 2 is 1.87 bits per heavy atom. The Morgan fingerprint density at radius 3 is 2.60 bits per heavy atom. The normalized spacial score (nSPS) is 15.7. The summed E-state index contributed by atoms with van der Waals surface area (Å²) in [6, 6.07) is 11.8. The van der Waals surface area contributed by atoms with E-state index < -0.39 is 23.7 Å². The molecule has 1 aliphatic heterocycles. The highest BCUT2D eigenvalue weighted by Crippen LogP contribution is 2.30. The number of fused-ring (bicyclic) bond motifs is 1. The lowest BCUT2D eigenvalue weighted by Crippen LogP contribution is -2.54. The minimum absolute atomic E-state index is 0.0432. The second-order valence-corrected chi connectivity index (χ2v) is 6.85. The lowest BCUT2D eigenvalue weighted by molar-refractivity contribution is -0.122. The summed E-state index contributed by atoms with van der Waals surface area (Å²) >= 11 is 0. The summed E-state index contributed by atoms with van der Waals surface area (Å²) in [6.45, 7) is 6.23. The number of benzene rings is 2. The fourth-order valence-electron chi connectivity index (χ4n) is 3.66. The highest BCUT2D eigenvalue weighted by molar-refractivity contribution is 6.39. The predicted octanol–water partition coefficient (Wildman–Crippen LogP) is 3.94. The molecule has 4 amide bonds. The van der Waals surface area contributed by atoms with E-state index in [4.69, 9.17) is 0 Å². The average molecular weight is 403 g/mol. The van der Waals surface area contributed by atoms with Crippen LogP contribution in [0.4, 0.5) is 14.9 Å². The van der Waals surface area contributed by atoms with Crippen molar-refractivity contribution in [3.8, 4) is 0 Å². The molecule has 30 heavy (non-hydrogen) atoms. The standard InChI is InChI=1S/C23H18FN3O3/c1-3-11-26-14(2)18(17-9-4-5-10-20(17)26)13-19-21(28)25-23(30)27(22(19)29)16-8-6-7-15(24)12-16/h3-10,12-13H,1,11H2,2H3,(H,25,28,30)/b19-13+. The van der Waals surface area contributed by atoms with Crippen LogP contribution in [-0.2, 0) is 16.1 Å². The Hall–Kier alpha value is -4.00. The van der Waals surface area contributed by atoms with Gasteiger partial charge in [0, 0.05) is 28.7 Å². The highest BCUT2D eigenvalue weighted by atomic mass is 19.1. The fourth-order valence-corrected chi connectivity index (χ4v) is 3.66. The van der Waals surface area contributed by atoms with Crippen LogP contribution in [0.25, 0.3) is 17.0 Å². The lowest BCUT2D eigenvalue weighted by Gasteiger charge is -2.26. The van der Waals surface area contributed by atoms with Crippen LogP contribution in [0.1, 0.15) is 11.3 Å². The summed E-state index contributed by atoms with van der Waals surface area (Å²) < 4.78 is 15.7. The lowest BCUT2D eigenvalue weighted by atomic mass is 10.0. The number of nitrogens with one attached hydrogen (secondary N) is 1. The number of aromatic nitrogens is 1. The minimum atomic E-state index is -0.918. The number of halogens is 1. The van der Waals surface area contributed by atoms with E-state index in [-0.39, 0.29) is 11.3 Å². The number of hydrogen-bond donors (Lipinski definition) is 1. The van der Waals surface area contributed by atoms with Gasteiger partial charge in [0.1, 0.15) is 11.4 Å². The Bertz CT molecular complexity index is 1260. The van der Waals surface area contributed by atoms with Gasteiger partial charge in [-0.3, -0.25) is 14.9 Å². The predicted molar refractivity (Wildman–Crippen MR) is 112 cm³/mol. The quantitative estimate of drug-likeness (QED) is 0.407. The van der Waals surface area contributed by atoms with Crippen LogP contribution >= 0.6 is 0 Å². The number of barbiturate groups is 1. The highest BCUT2D eigenvalue weighted by Gasteiger charge is 2.37. The number of para-hydroxylation sites is 1. The van der Waals surface area contributed by atoms with E-state index in [0.717, 1.165) is 27.6 Å². The van der Waals surface area contributed by atoms with Crippen LogP contribution in [0.15, 0.2) is 66.8 Å². The molecule has 1 fully saturated rings. The molecule has 1 saturated heterocycles. The van der Waals surface area contributed by atoms with Gasteiger partial charge in [0.15, 0.2) is 0 Å². The third kappa shape index (κ3) is 3.10. The van der Waals surface area contributed by atoms with Crippen LogP contribution < -0.4 is 10.2 Å². The van der Waals surface area contributed by atoms with Crippen LogP contribution in [0.3, 0.4) is 0 Å². The van der Waals surface area contributed by atoms with E-state index in [2.05, 4.69) is 11.9 Å². The van der Waals surface area contributed by atoms with Gasteiger partial charge in [0.05, 0.1) is 5.69 Å². The van der Waals surface area contributed by atoms with Gasteiger partial charge in [-0.25, -0.2) is 14.1 Å². The van der Waals surface area contributed by atoms with Gasteiger partial charge in [-0.05, 0) is 37.3 Å². The SMILES string of the molecule is C=CCn1c(C)c(/C=C2\C(=O)NC(=O)N(c3cccc(F)c3)C2=O)c2ccccc21.